The zero-order chi connectivity index (χ0) is 23.9. The number of nitrogens with zero attached hydrogens (tertiary/aromatic N) is 7. The lowest BCUT2D eigenvalue weighted by atomic mass is 9.90. The smallest absolute Gasteiger partial charge is 0.200 e. The molecular weight excluding hydrogens is 461 g/mol. The van der Waals surface area contributed by atoms with Gasteiger partial charge >= 0.3 is 0 Å². The monoisotopic (exact) mass is 487 g/mol. The fraction of sp³-hybridized carbons (Fsp3) is 0.308. The van der Waals surface area contributed by atoms with Crippen molar-refractivity contribution in [1.29, 1.82) is 0 Å². The standard InChI is InChI=1S/C26H26FN7S/c1-32-7-5-17(6-8-32)9-18-10-19-11-22(3-4-24(19)28-13-18)35-26-31-30-25-23(27)12-20(16-34(25)26)21-14-29-33(2)15-21/h3-4,10-17H,5-9H2,1-2H3. The molecular formula is C26H26FN7S. The van der Waals surface area contributed by atoms with Gasteiger partial charge < -0.3 is 4.90 Å². The van der Waals surface area contributed by atoms with E-state index in [1.54, 1.807) is 15.3 Å². The molecule has 0 atom stereocenters. The quantitative estimate of drug-likeness (QED) is 0.353. The van der Waals surface area contributed by atoms with Gasteiger partial charge in [0.2, 0.25) is 5.16 Å². The maximum atomic E-state index is 14.8. The number of halogens is 1. The number of hydrogen-bond acceptors (Lipinski definition) is 6. The molecule has 0 aliphatic carbocycles. The second-order valence-electron chi connectivity index (χ2n) is 9.41. The van der Waals surface area contributed by atoms with Crippen LogP contribution in [0, 0.1) is 11.7 Å². The first-order valence-corrected chi connectivity index (χ1v) is 12.6. The van der Waals surface area contributed by atoms with Crippen LogP contribution in [0.5, 0.6) is 0 Å². The molecule has 1 fully saturated rings. The number of aryl methyl sites for hydroxylation is 1. The van der Waals surface area contributed by atoms with Crippen molar-refractivity contribution in [3.8, 4) is 11.1 Å². The third kappa shape index (κ3) is 4.53. The Kier molecular flexibility index (Phi) is 5.74. The lowest BCUT2D eigenvalue weighted by Crippen LogP contribution is -2.30. The van der Waals surface area contributed by atoms with Crippen LogP contribution < -0.4 is 0 Å². The predicted octanol–water partition coefficient (Wildman–Crippen LogP) is 4.85. The van der Waals surface area contributed by atoms with Gasteiger partial charge in [-0.3, -0.25) is 14.1 Å². The Labute approximate surface area is 207 Å². The molecule has 1 aromatic carbocycles. The molecule has 6 rings (SSSR count). The minimum atomic E-state index is -0.410. The zero-order valence-electron chi connectivity index (χ0n) is 19.7. The third-order valence-corrected chi connectivity index (χ3v) is 7.70. The Morgan fingerprint density at radius 1 is 1.00 bits per heavy atom. The summed E-state index contributed by atoms with van der Waals surface area (Å²) < 4.78 is 18.2. The lowest BCUT2D eigenvalue weighted by Gasteiger charge is -2.28. The molecule has 5 heterocycles. The number of hydrogen-bond donors (Lipinski definition) is 0. The second-order valence-corrected chi connectivity index (χ2v) is 10.4. The van der Waals surface area contributed by atoms with E-state index in [4.69, 9.17) is 4.98 Å². The summed E-state index contributed by atoms with van der Waals surface area (Å²) >= 11 is 1.47. The molecule has 0 radical (unpaired) electrons. The fourth-order valence-corrected chi connectivity index (χ4v) is 5.62. The molecule has 1 aliphatic rings. The van der Waals surface area contributed by atoms with Gasteiger partial charge in [-0.1, -0.05) is 0 Å². The van der Waals surface area contributed by atoms with Gasteiger partial charge in [0.1, 0.15) is 0 Å². The Hall–Kier alpha value is -3.30. The topological polar surface area (TPSA) is 64.1 Å². The van der Waals surface area contributed by atoms with Crippen molar-refractivity contribution in [2.45, 2.75) is 29.3 Å². The average molecular weight is 488 g/mol. The van der Waals surface area contributed by atoms with Crippen LogP contribution in [0.3, 0.4) is 0 Å². The van der Waals surface area contributed by atoms with Crippen LogP contribution in [0.2, 0.25) is 0 Å². The van der Waals surface area contributed by atoms with E-state index in [2.05, 4.69) is 39.4 Å². The molecule has 0 unspecified atom stereocenters. The van der Waals surface area contributed by atoms with Crippen molar-refractivity contribution in [3.63, 3.8) is 0 Å². The summed E-state index contributed by atoms with van der Waals surface area (Å²) in [4.78, 5) is 8.11. The highest BCUT2D eigenvalue weighted by atomic mass is 32.2. The highest BCUT2D eigenvalue weighted by Gasteiger charge is 2.18. The number of piperidine rings is 1. The van der Waals surface area contributed by atoms with E-state index >= 15 is 0 Å². The molecule has 7 nitrogen and oxygen atoms in total. The number of pyridine rings is 2. The Bertz CT molecular complexity index is 1520. The fourth-order valence-electron chi connectivity index (χ4n) is 4.77. The minimum Gasteiger partial charge on any atom is -0.306 e. The largest absolute Gasteiger partial charge is 0.306 e. The molecule has 9 heteroatoms. The van der Waals surface area contributed by atoms with Gasteiger partial charge in [0.05, 0.1) is 11.7 Å². The molecule has 0 saturated carbocycles. The molecule has 0 N–H and O–H groups in total. The second kappa shape index (κ2) is 9.05. The van der Waals surface area contributed by atoms with Gasteiger partial charge in [-0.05, 0) is 93.0 Å². The van der Waals surface area contributed by atoms with Gasteiger partial charge in [-0.25, -0.2) is 4.39 Å². The summed E-state index contributed by atoms with van der Waals surface area (Å²) in [6.07, 6.45) is 11.0. The van der Waals surface area contributed by atoms with E-state index in [0.717, 1.165) is 33.3 Å². The van der Waals surface area contributed by atoms with Crippen molar-refractivity contribution in [3.05, 3.63) is 66.5 Å². The van der Waals surface area contributed by atoms with E-state index in [-0.39, 0.29) is 5.65 Å². The van der Waals surface area contributed by atoms with Crippen molar-refractivity contribution in [2.75, 3.05) is 20.1 Å². The molecule has 178 valence electrons. The van der Waals surface area contributed by atoms with Gasteiger partial charge in [0.25, 0.3) is 0 Å². The van der Waals surface area contributed by atoms with E-state index in [0.29, 0.717) is 11.1 Å². The van der Waals surface area contributed by atoms with Crippen molar-refractivity contribution in [2.24, 2.45) is 13.0 Å². The van der Waals surface area contributed by atoms with Crippen LogP contribution in [-0.4, -0.2) is 54.4 Å². The lowest BCUT2D eigenvalue weighted by molar-refractivity contribution is 0.219. The van der Waals surface area contributed by atoms with Crippen LogP contribution in [0.4, 0.5) is 4.39 Å². The van der Waals surface area contributed by atoms with Crippen LogP contribution >= 0.6 is 11.8 Å². The average Bonchev–Trinajstić information content (AvgIpc) is 3.47. The summed E-state index contributed by atoms with van der Waals surface area (Å²) in [5, 5.41) is 14.3. The van der Waals surface area contributed by atoms with E-state index in [1.165, 1.54) is 49.3 Å². The Balaban J connectivity index is 1.28. The maximum Gasteiger partial charge on any atom is 0.200 e. The predicted molar refractivity (Wildman–Crippen MR) is 135 cm³/mol. The highest BCUT2D eigenvalue weighted by Crippen LogP contribution is 2.31. The molecule has 1 saturated heterocycles. The van der Waals surface area contributed by atoms with Gasteiger partial charge in [0, 0.05) is 47.0 Å². The van der Waals surface area contributed by atoms with Gasteiger partial charge in [-0.2, -0.15) is 5.10 Å². The molecule has 5 aromatic rings. The number of rotatable bonds is 5. The van der Waals surface area contributed by atoms with E-state index in [1.807, 2.05) is 37.8 Å². The first kappa shape index (κ1) is 22.2. The minimum absolute atomic E-state index is 0.211. The van der Waals surface area contributed by atoms with Crippen molar-refractivity contribution in [1.82, 2.24) is 34.3 Å². The molecule has 0 spiro atoms. The molecule has 1 aliphatic heterocycles. The molecule has 4 aromatic heterocycles. The number of likely N-dealkylation sites (tertiary alicyclic amines) is 1. The van der Waals surface area contributed by atoms with Crippen molar-refractivity contribution < 1.29 is 4.39 Å². The summed E-state index contributed by atoms with van der Waals surface area (Å²) in [7, 11) is 4.03. The first-order chi connectivity index (χ1) is 17.0. The van der Waals surface area contributed by atoms with Gasteiger partial charge in [0.15, 0.2) is 11.5 Å². The number of aromatic nitrogens is 6. The zero-order valence-corrected chi connectivity index (χ0v) is 20.5. The van der Waals surface area contributed by atoms with Crippen LogP contribution in [0.25, 0.3) is 27.7 Å². The summed E-state index contributed by atoms with van der Waals surface area (Å²) in [5.41, 5.74) is 4.03. The van der Waals surface area contributed by atoms with Gasteiger partial charge in [-0.15, -0.1) is 10.2 Å². The summed E-state index contributed by atoms with van der Waals surface area (Å²) in [6.45, 7) is 2.34. The number of benzene rings is 1. The van der Waals surface area contributed by atoms with E-state index < -0.39 is 5.82 Å². The number of fused-ring (bicyclic) bond motifs is 2. The van der Waals surface area contributed by atoms with Crippen LogP contribution in [0.1, 0.15) is 18.4 Å². The highest BCUT2D eigenvalue weighted by molar-refractivity contribution is 7.99. The maximum absolute atomic E-state index is 14.8. The van der Waals surface area contributed by atoms with Crippen molar-refractivity contribution >= 4 is 28.3 Å². The molecule has 35 heavy (non-hydrogen) atoms. The molecule has 0 bridgehead atoms. The summed E-state index contributed by atoms with van der Waals surface area (Å²) in [5.74, 6) is 0.307. The molecule has 0 amide bonds. The van der Waals surface area contributed by atoms with Crippen LogP contribution in [-0.2, 0) is 13.5 Å². The normalized spacial score (nSPS) is 15.4. The van der Waals surface area contributed by atoms with Crippen LogP contribution in [0.15, 0.2) is 65.2 Å². The Morgan fingerprint density at radius 2 is 1.86 bits per heavy atom. The SMILES string of the molecule is CN1CCC(Cc2cnc3ccc(Sc4nnc5c(F)cc(-c6cnn(C)c6)cn45)cc3c2)CC1. The Morgan fingerprint density at radius 3 is 2.66 bits per heavy atom. The first-order valence-electron chi connectivity index (χ1n) is 11.8. The van der Waals surface area contributed by atoms with E-state index in [9.17, 15) is 4.39 Å². The third-order valence-electron chi connectivity index (χ3n) is 6.75. The summed E-state index contributed by atoms with van der Waals surface area (Å²) in [6, 6.07) is 9.92.